The van der Waals surface area contributed by atoms with E-state index in [0.29, 0.717) is 23.4 Å². The lowest BCUT2D eigenvalue weighted by Gasteiger charge is -2.20. The van der Waals surface area contributed by atoms with Crippen molar-refractivity contribution in [2.75, 3.05) is 31.7 Å². The van der Waals surface area contributed by atoms with Crippen LogP contribution in [-0.2, 0) is 4.74 Å². The van der Waals surface area contributed by atoms with Gasteiger partial charge in [0, 0.05) is 30.9 Å². The van der Waals surface area contributed by atoms with Gasteiger partial charge in [-0.05, 0) is 40.8 Å². The van der Waals surface area contributed by atoms with Gasteiger partial charge in [0.2, 0.25) is 0 Å². The number of halogens is 1. The zero-order chi connectivity index (χ0) is 13.8. The second-order valence-corrected chi connectivity index (χ2v) is 5.69. The molecule has 1 aromatic heterocycles. The van der Waals surface area contributed by atoms with Gasteiger partial charge in [-0.3, -0.25) is 0 Å². The van der Waals surface area contributed by atoms with Gasteiger partial charge in [0.1, 0.15) is 11.4 Å². The van der Waals surface area contributed by atoms with E-state index in [1.807, 2.05) is 11.9 Å². The molecule has 5 nitrogen and oxygen atoms in total. The molecule has 6 heteroatoms. The number of rotatable bonds is 7. The van der Waals surface area contributed by atoms with Crippen LogP contribution in [0.3, 0.4) is 0 Å². The lowest BCUT2D eigenvalue weighted by Crippen LogP contribution is -2.26. The molecule has 1 heterocycles. The Kier molecular flexibility index (Phi) is 4.76. The molecule has 1 N–H and O–H groups in total. The van der Waals surface area contributed by atoms with E-state index in [1.165, 1.54) is 12.8 Å². The summed E-state index contributed by atoms with van der Waals surface area (Å²) in [6, 6.07) is 1.56. The number of pyridine rings is 1. The maximum Gasteiger partial charge on any atom is 0.339 e. The summed E-state index contributed by atoms with van der Waals surface area (Å²) in [7, 11) is 1.82. The van der Waals surface area contributed by atoms with E-state index >= 15 is 0 Å². The highest BCUT2D eigenvalue weighted by Crippen LogP contribution is 2.28. The van der Waals surface area contributed by atoms with Gasteiger partial charge in [-0.15, -0.1) is 0 Å². The molecule has 104 valence electrons. The number of hydrogen-bond donors (Lipinski definition) is 1. The number of aromatic carboxylic acids is 1. The first kappa shape index (κ1) is 14.3. The summed E-state index contributed by atoms with van der Waals surface area (Å²) >= 11 is 3.23. The van der Waals surface area contributed by atoms with Crippen LogP contribution < -0.4 is 4.90 Å². The van der Waals surface area contributed by atoms with E-state index in [0.717, 1.165) is 12.5 Å². The average Bonchev–Trinajstić information content (AvgIpc) is 3.18. The Morgan fingerprint density at radius 3 is 3.00 bits per heavy atom. The van der Waals surface area contributed by atoms with Crippen molar-refractivity contribution in [3.8, 4) is 0 Å². The van der Waals surface area contributed by atoms with E-state index in [9.17, 15) is 9.90 Å². The second-order valence-electron chi connectivity index (χ2n) is 4.77. The average molecular weight is 329 g/mol. The Morgan fingerprint density at radius 2 is 2.37 bits per heavy atom. The molecular weight excluding hydrogens is 312 g/mol. The number of ether oxygens (including phenoxy) is 1. The van der Waals surface area contributed by atoms with Crippen LogP contribution in [0.2, 0.25) is 0 Å². The highest BCUT2D eigenvalue weighted by atomic mass is 79.9. The number of hydrogen-bond acceptors (Lipinski definition) is 4. The zero-order valence-corrected chi connectivity index (χ0v) is 12.4. The van der Waals surface area contributed by atoms with Crippen LogP contribution in [0.25, 0.3) is 0 Å². The SMILES string of the molecule is CN(CCOCC1CC1)c1ncc(Br)cc1C(=O)O. The molecular formula is C13H17BrN2O3. The molecule has 1 aromatic rings. The van der Waals surface area contributed by atoms with Crippen LogP contribution in [0.15, 0.2) is 16.7 Å². The molecule has 1 fully saturated rings. The Morgan fingerprint density at radius 1 is 1.63 bits per heavy atom. The Bertz CT molecular complexity index is 463. The van der Waals surface area contributed by atoms with Crippen molar-refractivity contribution in [3.63, 3.8) is 0 Å². The summed E-state index contributed by atoms with van der Waals surface area (Å²) in [6.45, 7) is 2.03. The van der Waals surface area contributed by atoms with Crippen LogP contribution in [0.5, 0.6) is 0 Å². The summed E-state index contributed by atoms with van der Waals surface area (Å²) in [5.74, 6) is 0.228. The monoisotopic (exact) mass is 328 g/mol. The zero-order valence-electron chi connectivity index (χ0n) is 10.8. The van der Waals surface area contributed by atoms with Crippen LogP contribution in [-0.4, -0.2) is 42.9 Å². The molecule has 0 bridgehead atoms. The fourth-order valence-corrected chi connectivity index (χ4v) is 2.07. The van der Waals surface area contributed by atoms with Crippen LogP contribution >= 0.6 is 15.9 Å². The third-order valence-corrected chi connectivity index (χ3v) is 3.48. The van der Waals surface area contributed by atoms with E-state index in [2.05, 4.69) is 20.9 Å². The van der Waals surface area contributed by atoms with Gasteiger partial charge in [-0.25, -0.2) is 9.78 Å². The molecule has 0 amide bonds. The Hall–Kier alpha value is -1.14. The van der Waals surface area contributed by atoms with Gasteiger partial charge in [0.05, 0.1) is 6.61 Å². The summed E-state index contributed by atoms with van der Waals surface area (Å²) in [5.41, 5.74) is 0.194. The molecule has 2 rings (SSSR count). The molecule has 1 saturated carbocycles. The number of likely N-dealkylation sites (N-methyl/N-ethyl adjacent to an activating group) is 1. The normalized spacial score (nSPS) is 14.4. The van der Waals surface area contributed by atoms with Gasteiger partial charge >= 0.3 is 5.97 Å². The number of carboxylic acid groups (broad SMARTS) is 1. The summed E-state index contributed by atoms with van der Waals surface area (Å²) in [5, 5.41) is 9.17. The topological polar surface area (TPSA) is 62.7 Å². The summed E-state index contributed by atoms with van der Waals surface area (Å²) < 4.78 is 6.21. The quantitative estimate of drug-likeness (QED) is 0.779. The van der Waals surface area contributed by atoms with Gasteiger partial charge in [-0.2, -0.15) is 0 Å². The Balaban J connectivity index is 1.92. The highest BCUT2D eigenvalue weighted by molar-refractivity contribution is 9.10. The predicted octanol–water partition coefficient (Wildman–Crippen LogP) is 2.41. The minimum atomic E-state index is -0.977. The lowest BCUT2D eigenvalue weighted by molar-refractivity contribution is 0.0697. The number of nitrogens with zero attached hydrogens (tertiary/aromatic N) is 2. The second kappa shape index (κ2) is 6.34. The maximum atomic E-state index is 11.2. The van der Waals surface area contributed by atoms with Crippen molar-refractivity contribution in [2.45, 2.75) is 12.8 Å². The predicted molar refractivity (Wildman–Crippen MR) is 75.7 cm³/mol. The first-order valence-corrected chi connectivity index (χ1v) is 7.05. The third kappa shape index (κ3) is 4.18. The molecule has 0 aromatic carbocycles. The first-order valence-electron chi connectivity index (χ1n) is 6.25. The molecule has 0 spiro atoms. The highest BCUT2D eigenvalue weighted by Gasteiger charge is 2.21. The van der Waals surface area contributed by atoms with Gasteiger partial charge < -0.3 is 14.7 Å². The van der Waals surface area contributed by atoms with Crippen molar-refractivity contribution >= 4 is 27.7 Å². The Labute approximate surface area is 120 Å². The molecule has 0 unspecified atom stereocenters. The fourth-order valence-electron chi connectivity index (χ4n) is 1.74. The summed E-state index contributed by atoms with van der Waals surface area (Å²) in [4.78, 5) is 17.2. The van der Waals surface area contributed by atoms with E-state index in [4.69, 9.17) is 4.74 Å². The molecule has 0 saturated heterocycles. The molecule has 1 aliphatic carbocycles. The van der Waals surface area contributed by atoms with Crippen LogP contribution in [0, 0.1) is 5.92 Å². The maximum absolute atomic E-state index is 11.2. The van der Waals surface area contributed by atoms with Gasteiger partial charge in [-0.1, -0.05) is 0 Å². The summed E-state index contributed by atoms with van der Waals surface area (Å²) in [6.07, 6.45) is 4.14. The number of anilines is 1. The molecule has 0 atom stereocenters. The number of carboxylic acids is 1. The minimum Gasteiger partial charge on any atom is -0.478 e. The van der Waals surface area contributed by atoms with Gasteiger partial charge in [0.25, 0.3) is 0 Å². The fraction of sp³-hybridized carbons (Fsp3) is 0.538. The van der Waals surface area contributed by atoms with E-state index in [1.54, 1.807) is 12.3 Å². The first-order chi connectivity index (χ1) is 9.08. The van der Waals surface area contributed by atoms with Crippen molar-refractivity contribution in [1.29, 1.82) is 0 Å². The smallest absolute Gasteiger partial charge is 0.339 e. The van der Waals surface area contributed by atoms with Gasteiger partial charge in [0.15, 0.2) is 0 Å². The van der Waals surface area contributed by atoms with Crippen molar-refractivity contribution in [1.82, 2.24) is 4.98 Å². The number of aromatic nitrogens is 1. The molecule has 0 aliphatic heterocycles. The van der Waals surface area contributed by atoms with Crippen LogP contribution in [0.4, 0.5) is 5.82 Å². The van der Waals surface area contributed by atoms with Crippen molar-refractivity contribution in [3.05, 3.63) is 22.3 Å². The van der Waals surface area contributed by atoms with Crippen LogP contribution in [0.1, 0.15) is 23.2 Å². The largest absolute Gasteiger partial charge is 0.478 e. The molecule has 0 radical (unpaired) electrons. The number of carbonyl (C=O) groups is 1. The van der Waals surface area contributed by atoms with E-state index < -0.39 is 5.97 Å². The lowest BCUT2D eigenvalue weighted by atomic mass is 10.2. The van der Waals surface area contributed by atoms with Crippen molar-refractivity contribution in [2.24, 2.45) is 5.92 Å². The minimum absolute atomic E-state index is 0.194. The van der Waals surface area contributed by atoms with E-state index in [-0.39, 0.29) is 5.56 Å². The standard InChI is InChI=1S/C13H17BrN2O3/c1-16(4-5-19-8-9-2-3-9)12-11(13(17)18)6-10(14)7-15-12/h6-7,9H,2-5,8H2,1H3,(H,17,18). The molecule has 19 heavy (non-hydrogen) atoms. The third-order valence-electron chi connectivity index (χ3n) is 3.05. The molecule has 1 aliphatic rings. The van der Waals surface area contributed by atoms with Crippen molar-refractivity contribution < 1.29 is 14.6 Å².